The molecule has 1 saturated heterocycles. The molecule has 1 aliphatic heterocycles. The Morgan fingerprint density at radius 1 is 1.31 bits per heavy atom. The zero-order chi connectivity index (χ0) is 11.5. The van der Waals surface area contributed by atoms with Crippen LogP contribution in [0.4, 0.5) is 8.78 Å². The minimum Gasteiger partial charge on any atom is -0.391 e. The lowest BCUT2D eigenvalue weighted by Gasteiger charge is -2.18. The third-order valence-electron chi connectivity index (χ3n) is 2.93. The average molecular weight is 227 g/mol. The van der Waals surface area contributed by atoms with Crippen molar-refractivity contribution in [1.29, 1.82) is 0 Å². The lowest BCUT2D eigenvalue weighted by molar-refractivity contribution is 0.136. The van der Waals surface area contributed by atoms with Gasteiger partial charge >= 0.3 is 0 Å². The van der Waals surface area contributed by atoms with Crippen LogP contribution >= 0.6 is 0 Å². The smallest absolute Gasteiger partial charge is 0.126 e. The van der Waals surface area contributed by atoms with Crippen LogP contribution in [0.15, 0.2) is 18.2 Å². The number of benzene rings is 1. The Hall–Kier alpha value is -1.00. The number of nitrogens with one attached hydrogen (secondary N) is 1. The topological polar surface area (TPSA) is 32.3 Å². The van der Waals surface area contributed by atoms with Crippen LogP contribution < -0.4 is 5.32 Å². The van der Waals surface area contributed by atoms with Crippen molar-refractivity contribution in [2.24, 2.45) is 0 Å². The number of hydrogen-bond acceptors (Lipinski definition) is 2. The SMILES string of the molecule is OC(Cc1cc(F)cc(F)c1)C1CCCN1. The molecule has 4 heteroatoms. The summed E-state index contributed by atoms with van der Waals surface area (Å²) in [5, 5.41) is 13.0. The molecule has 0 bridgehead atoms. The summed E-state index contributed by atoms with van der Waals surface area (Å²) in [7, 11) is 0. The summed E-state index contributed by atoms with van der Waals surface area (Å²) < 4.78 is 25.8. The van der Waals surface area contributed by atoms with E-state index < -0.39 is 17.7 Å². The average Bonchev–Trinajstić information content (AvgIpc) is 2.68. The maximum Gasteiger partial charge on any atom is 0.126 e. The minimum absolute atomic E-state index is 0.0475. The van der Waals surface area contributed by atoms with E-state index in [0.29, 0.717) is 5.56 Å². The molecule has 0 amide bonds. The lowest BCUT2D eigenvalue weighted by atomic mass is 10.0. The van der Waals surface area contributed by atoms with Crippen LogP contribution in [0, 0.1) is 11.6 Å². The molecule has 0 saturated carbocycles. The van der Waals surface area contributed by atoms with Gasteiger partial charge in [0.1, 0.15) is 11.6 Å². The van der Waals surface area contributed by atoms with Crippen molar-refractivity contribution < 1.29 is 13.9 Å². The van der Waals surface area contributed by atoms with Gasteiger partial charge in [-0.3, -0.25) is 0 Å². The summed E-state index contributed by atoms with van der Waals surface area (Å²) in [6, 6.07) is 3.41. The number of rotatable bonds is 3. The van der Waals surface area contributed by atoms with Gasteiger partial charge in [0.15, 0.2) is 0 Å². The molecular weight excluding hydrogens is 212 g/mol. The highest BCUT2D eigenvalue weighted by molar-refractivity contribution is 5.19. The van der Waals surface area contributed by atoms with Gasteiger partial charge in [-0.05, 0) is 37.1 Å². The highest BCUT2D eigenvalue weighted by atomic mass is 19.1. The molecule has 2 rings (SSSR count). The van der Waals surface area contributed by atoms with E-state index in [-0.39, 0.29) is 12.5 Å². The Balaban J connectivity index is 2.02. The standard InChI is InChI=1S/C12H15F2NO/c13-9-4-8(5-10(14)7-9)6-12(16)11-2-1-3-15-11/h4-5,7,11-12,15-16H,1-3,6H2. The van der Waals surface area contributed by atoms with Crippen LogP contribution in [-0.4, -0.2) is 23.8 Å². The highest BCUT2D eigenvalue weighted by Crippen LogP contribution is 2.15. The van der Waals surface area contributed by atoms with Crippen LogP contribution in [0.5, 0.6) is 0 Å². The number of halogens is 2. The Bertz CT molecular complexity index is 344. The van der Waals surface area contributed by atoms with Crippen molar-refractivity contribution in [2.75, 3.05) is 6.54 Å². The second-order valence-electron chi connectivity index (χ2n) is 4.25. The summed E-state index contributed by atoms with van der Waals surface area (Å²) in [5.41, 5.74) is 0.499. The van der Waals surface area contributed by atoms with E-state index >= 15 is 0 Å². The van der Waals surface area contributed by atoms with Gasteiger partial charge in [0.25, 0.3) is 0 Å². The predicted molar refractivity (Wildman–Crippen MR) is 57.1 cm³/mol. The summed E-state index contributed by atoms with van der Waals surface area (Å²) >= 11 is 0. The molecule has 2 atom stereocenters. The highest BCUT2D eigenvalue weighted by Gasteiger charge is 2.22. The second-order valence-corrected chi connectivity index (χ2v) is 4.25. The molecule has 1 aromatic rings. The predicted octanol–water partition coefficient (Wildman–Crippen LogP) is 1.62. The monoisotopic (exact) mass is 227 g/mol. The van der Waals surface area contributed by atoms with Crippen LogP contribution in [0.1, 0.15) is 18.4 Å². The number of hydrogen-bond donors (Lipinski definition) is 2. The summed E-state index contributed by atoms with van der Waals surface area (Å²) in [4.78, 5) is 0. The largest absolute Gasteiger partial charge is 0.391 e. The first-order chi connectivity index (χ1) is 7.65. The van der Waals surface area contributed by atoms with Crippen LogP contribution in [0.2, 0.25) is 0 Å². The van der Waals surface area contributed by atoms with Crippen molar-refractivity contribution in [1.82, 2.24) is 5.32 Å². The molecule has 0 radical (unpaired) electrons. The van der Waals surface area contributed by atoms with Gasteiger partial charge in [-0.1, -0.05) is 0 Å². The molecule has 1 heterocycles. The van der Waals surface area contributed by atoms with Gasteiger partial charge in [0, 0.05) is 18.5 Å². The van der Waals surface area contributed by atoms with Gasteiger partial charge in [-0.2, -0.15) is 0 Å². The first-order valence-electron chi connectivity index (χ1n) is 5.51. The van der Waals surface area contributed by atoms with Crippen molar-refractivity contribution in [3.8, 4) is 0 Å². The minimum atomic E-state index is -0.596. The van der Waals surface area contributed by atoms with E-state index in [2.05, 4.69) is 5.32 Å². The molecule has 2 nitrogen and oxygen atoms in total. The van der Waals surface area contributed by atoms with Gasteiger partial charge < -0.3 is 10.4 Å². The zero-order valence-corrected chi connectivity index (χ0v) is 8.92. The van der Waals surface area contributed by atoms with E-state index in [1.54, 1.807) is 0 Å². The first kappa shape index (κ1) is 11.5. The molecule has 1 aliphatic rings. The Morgan fingerprint density at radius 3 is 2.56 bits per heavy atom. The van der Waals surface area contributed by atoms with Crippen molar-refractivity contribution in [3.63, 3.8) is 0 Å². The molecule has 16 heavy (non-hydrogen) atoms. The Morgan fingerprint density at radius 2 is 2.00 bits per heavy atom. The maximum absolute atomic E-state index is 12.9. The molecule has 0 aliphatic carbocycles. The molecule has 2 unspecified atom stereocenters. The van der Waals surface area contributed by atoms with Gasteiger partial charge in [0.05, 0.1) is 6.10 Å². The van der Waals surface area contributed by atoms with Gasteiger partial charge in [-0.25, -0.2) is 8.78 Å². The first-order valence-corrected chi connectivity index (χ1v) is 5.51. The van der Waals surface area contributed by atoms with E-state index in [9.17, 15) is 13.9 Å². The quantitative estimate of drug-likeness (QED) is 0.822. The van der Waals surface area contributed by atoms with E-state index in [1.165, 1.54) is 12.1 Å². The normalized spacial score (nSPS) is 22.3. The third kappa shape index (κ3) is 2.77. The molecule has 2 N–H and O–H groups in total. The molecule has 1 aromatic carbocycles. The molecule has 88 valence electrons. The van der Waals surface area contributed by atoms with Crippen LogP contribution in [0.3, 0.4) is 0 Å². The summed E-state index contributed by atoms with van der Waals surface area (Å²) in [6.45, 7) is 0.902. The second kappa shape index (κ2) is 4.89. The number of aliphatic hydroxyl groups is 1. The van der Waals surface area contributed by atoms with Crippen LogP contribution in [-0.2, 0) is 6.42 Å². The fourth-order valence-electron chi connectivity index (χ4n) is 2.15. The molecule has 0 spiro atoms. The van der Waals surface area contributed by atoms with Gasteiger partial charge in [0.2, 0.25) is 0 Å². The maximum atomic E-state index is 12.9. The molecule has 1 fully saturated rings. The third-order valence-corrected chi connectivity index (χ3v) is 2.93. The molecule has 0 aromatic heterocycles. The van der Waals surface area contributed by atoms with E-state index in [0.717, 1.165) is 25.5 Å². The van der Waals surface area contributed by atoms with Crippen molar-refractivity contribution in [2.45, 2.75) is 31.4 Å². The van der Waals surface area contributed by atoms with E-state index in [1.807, 2.05) is 0 Å². The Kier molecular flexibility index (Phi) is 3.51. The fraction of sp³-hybridized carbons (Fsp3) is 0.500. The van der Waals surface area contributed by atoms with Crippen molar-refractivity contribution >= 4 is 0 Å². The van der Waals surface area contributed by atoms with Crippen molar-refractivity contribution in [3.05, 3.63) is 35.4 Å². The zero-order valence-electron chi connectivity index (χ0n) is 8.92. The molecular formula is C12H15F2NO. The van der Waals surface area contributed by atoms with Gasteiger partial charge in [-0.15, -0.1) is 0 Å². The number of aliphatic hydroxyl groups excluding tert-OH is 1. The summed E-state index contributed by atoms with van der Waals surface area (Å²) in [6.07, 6.45) is 1.66. The Labute approximate surface area is 93.3 Å². The summed E-state index contributed by atoms with van der Waals surface area (Å²) in [5.74, 6) is -1.19. The fourth-order valence-corrected chi connectivity index (χ4v) is 2.15. The van der Waals surface area contributed by atoms with Crippen LogP contribution in [0.25, 0.3) is 0 Å². The lowest BCUT2D eigenvalue weighted by Crippen LogP contribution is -2.36. The van der Waals surface area contributed by atoms with E-state index in [4.69, 9.17) is 0 Å².